The monoisotopic (exact) mass is 890 g/mol. The summed E-state index contributed by atoms with van der Waals surface area (Å²) in [6.45, 7) is 7.69. The highest BCUT2D eigenvalue weighted by Gasteiger charge is 2.66. The minimum Gasteiger partial charge on any atom is -0.493 e. The van der Waals surface area contributed by atoms with Gasteiger partial charge in [-0.15, -0.1) is 18.5 Å². The Hall–Kier alpha value is -3.11. The van der Waals surface area contributed by atoms with Crippen LogP contribution in [0, 0.1) is 11.8 Å². The van der Waals surface area contributed by atoms with E-state index in [-0.39, 0.29) is 52.7 Å². The Morgan fingerprint density at radius 2 is 1.48 bits per heavy atom. The predicted molar refractivity (Wildman–Crippen MR) is 247 cm³/mol. The molecule has 1 N–H and O–H groups in total. The number of Topliss-reactive ketones (excluding diaryl/α,β-unsaturated/α-hetero) is 2. The first-order valence-electron chi connectivity index (χ1n) is 22.8. The first-order valence-corrected chi connectivity index (χ1v) is 24.4. The summed E-state index contributed by atoms with van der Waals surface area (Å²) in [7, 11) is 14.8. The van der Waals surface area contributed by atoms with Gasteiger partial charge >= 0.3 is 5.97 Å². The molecule has 10 rings (SSSR count). The lowest BCUT2D eigenvalue weighted by atomic mass is 9.52. The Labute approximate surface area is 372 Å². The zero-order valence-electron chi connectivity index (χ0n) is 38.0. The van der Waals surface area contributed by atoms with Gasteiger partial charge in [0.25, 0.3) is 0 Å². The van der Waals surface area contributed by atoms with Gasteiger partial charge < -0.3 is 33.9 Å². The van der Waals surface area contributed by atoms with E-state index < -0.39 is 0 Å². The molecule has 4 aliphatic carbocycles. The highest BCUT2D eigenvalue weighted by atomic mass is 31.0. The Kier molecular flexibility index (Phi) is 13.2. The number of ketones is 2. The molecule has 14 heteroatoms. The molecule has 338 valence electrons. The average Bonchev–Trinajstić information content (AvgIpc) is 3.81. The fourth-order valence-electron chi connectivity index (χ4n) is 13.0. The SMILES string of the molecule is CCC(C(=O)OC1=CC[C@H]2[C@H]3Cc4ccc(OC)c5c4[C@@]2(CCN3)[C@H]1O5)N(C)CP.CCC(C(C)=O)N(C)CP.COc1ccc2c3c1O[C@H]1C(=O)CC[C@H]4[C@@H](C2)N(C)CC[C@]314. The fourth-order valence-corrected chi connectivity index (χ4v) is 13.5. The zero-order valence-corrected chi connectivity index (χ0v) is 40.3. The van der Waals surface area contributed by atoms with Crippen molar-refractivity contribution in [1.29, 1.82) is 0 Å². The van der Waals surface area contributed by atoms with Gasteiger partial charge in [0.1, 0.15) is 17.6 Å². The van der Waals surface area contributed by atoms with E-state index in [1.165, 1.54) is 22.3 Å². The van der Waals surface area contributed by atoms with Crippen LogP contribution in [0.2, 0.25) is 0 Å². The molecule has 3 fully saturated rings. The van der Waals surface area contributed by atoms with Gasteiger partial charge in [0.05, 0.1) is 20.3 Å². The van der Waals surface area contributed by atoms with E-state index in [1.807, 2.05) is 49.9 Å². The summed E-state index contributed by atoms with van der Waals surface area (Å²) in [5, 5.41) is 3.73. The van der Waals surface area contributed by atoms with Crippen LogP contribution in [0.25, 0.3) is 0 Å². The minimum absolute atomic E-state index is 0.0933. The lowest BCUT2D eigenvalue weighted by Gasteiger charge is -2.57. The van der Waals surface area contributed by atoms with E-state index in [0.29, 0.717) is 42.5 Å². The quantitative estimate of drug-likeness (QED) is 0.222. The highest BCUT2D eigenvalue weighted by Crippen LogP contribution is 2.64. The molecule has 4 aliphatic heterocycles. The molecule has 4 heterocycles. The maximum absolute atomic E-state index is 13.1. The molecular formula is C48H68N4O8P2. The number of hydrogen-bond acceptors (Lipinski definition) is 12. The number of likely N-dealkylation sites (tertiary alicyclic amines) is 1. The summed E-state index contributed by atoms with van der Waals surface area (Å²) in [6, 6.07) is 9.20. The standard InChI is InChI=1S/C23H31N2O4P.C18H21NO3.C7H16NOP/c1-4-16(25(2)12-30)22(26)28-18-8-6-14-15-11-13-5-7-17(27-3)20-19(13)23(14,9-10-24-15)21(18)29-20;1-19-8-7-18-11-4-5-13(20)17(18)22-16-14(21-2)6-3-10(15(16)18)9-12(11)19;1-4-7(6(2)9)8(3)5-10/h5,7-8,14-16,21,24H,4,6,9-12,30H2,1-3H3;3,6,11-12,17H,4-5,7-9H2,1-2H3;7H,4-5,10H2,1-3H3/t14-,15+,16?,21-,23-;11-,12+,17-,18-;/m00./s1. The Morgan fingerprint density at radius 1 is 0.887 bits per heavy atom. The number of nitrogens with zero attached hydrogens (tertiary/aromatic N) is 3. The second kappa shape index (κ2) is 18.0. The van der Waals surface area contributed by atoms with E-state index in [1.54, 1.807) is 21.1 Å². The molecule has 2 saturated heterocycles. The van der Waals surface area contributed by atoms with Crippen molar-refractivity contribution in [2.75, 3.05) is 61.0 Å². The first-order chi connectivity index (χ1) is 29.8. The molecule has 0 aromatic heterocycles. The van der Waals surface area contributed by atoms with Crippen LogP contribution in [0.1, 0.15) is 88.0 Å². The number of carbonyl (C=O) groups is 3. The molecule has 1 saturated carbocycles. The summed E-state index contributed by atoms with van der Waals surface area (Å²) in [6.07, 6.45) is 11.4. The Bertz CT molecular complexity index is 2100. The number of benzene rings is 2. The number of methoxy groups -OCH3 is 2. The largest absolute Gasteiger partial charge is 0.493 e. The third-order valence-corrected chi connectivity index (χ3v) is 17.1. The number of likely N-dealkylation sites (N-methyl/N-ethyl adjacent to an activating group) is 3. The minimum atomic E-state index is -0.284. The smallest absolute Gasteiger partial charge is 0.328 e. The number of carbonyl (C=O) groups excluding carboxylic acids is 3. The number of rotatable bonds is 11. The molecule has 2 aromatic carbocycles. The van der Waals surface area contributed by atoms with Crippen LogP contribution in [-0.4, -0.2) is 130 Å². The number of hydrogen-bond donors (Lipinski definition) is 1. The van der Waals surface area contributed by atoms with Crippen molar-refractivity contribution in [3.63, 3.8) is 0 Å². The van der Waals surface area contributed by atoms with Gasteiger partial charge in [-0.1, -0.05) is 26.0 Å². The lowest BCUT2D eigenvalue weighted by molar-refractivity contribution is -0.147. The van der Waals surface area contributed by atoms with Crippen molar-refractivity contribution < 1.29 is 38.1 Å². The van der Waals surface area contributed by atoms with Gasteiger partial charge in [-0.25, -0.2) is 4.79 Å². The van der Waals surface area contributed by atoms with Crippen molar-refractivity contribution in [3.8, 4) is 23.0 Å². The number of ether oxygens (including phenoxy) is 5. The van der Waals surface area contributed by atoms with E-state index in [9.17, 15) is 14.4 Å². The molecule has 12 atom stereocenters. The molecule has 2 aromatic rings. The predicted octanol–water partition coefficient (Wildman–Crippen LogP) is 5.65. The fraction of sp³-hybridized carbons (Fsp3) is 0.646. The van der Waals surface area contributed by atoms with Crippen molar-refractivity contribution in [3.05, 3.63) is 58.4 Å². The molecule has 2 spiro atoms. The summed E-state index contributed by atoms with van der Waals surface area (Å²) in [4.78, 5) is 43.1. The molecule has 12 nitrogen and oxygen atoms in total. The van der Waals surface area contributed by atoms with Crippen molar-refractivity contribution >= 4 is 36.0 Å². The van der Waals surface area contributed by atoms with Crippen LogP contribution < -0.4 is 24.3 Å². The van der Waals surface area contributed by atoms with Crippen LogP contribution in [0.5, 0.6) is 23.0 Å². The maximum atomic E-state index is 13.1. The Balaban J connectivity index is 0.000000145. The average molecular weight is 891 g/mol. The highest BCUT2D eigenvalue weighted by molar-refractivity contribution is 7.16. The first kappa shape index (κ1) is 45.5. The number of piperidine rings is 2. The van der Waals surface area contributed by atoms with Crippen molar-refractivity contribution in [2.24, 2.45) is 11.8 Å². The van der Waals surface area contributed by atoms with Gasteiger partial charge in [0, 0.05) is 53.0 Å². The topological polar surface area (TPSA) is 119 Å². The van der Waals surface area contributed by atoms with Gasteiger partial charge in [0.15, 0.2) is 41.0 Å². The van der Waals surface area contributed by atoms with Crippen LogP contribution in [0.15, 0.2) is 36.1 Å². The summed E-state index contributed by atoms with van der Waals surface area (Å²) >= 11 is 0. The summed E-state index contributed by atoms with van der Waals surface area (Å²) < 4.78 is 30.1. The summed E-state index contributed by atoms with van der Waals surface area (Å²) in [5.41, 5.74) is 5.06. The van der Waals surface area contributed by atoms with Gasteiger partial charge in [0.2, 0.25) is 0 Å². The van der Waals surface area contributed by atoms with Crippen molar-refractivity contribution in [1.82, 2.24) is 20.0 Å². The number of nitrogens with one attached hydrogen (secondary N) is 1. The molecule has 8 aliphatic rings. The molecular weight excluding hydrogens is 822 g/mol. The molecule has 62 heavy (non-hydrogen) atoms. The second-order valence-electron chi connectivity index (χ2n) is 18.7. The van der Waals surface area contributed by atoms with Gasteiger partial charge in [-0.05, 0) is 134 Å². The van der Waals surface area contributed by atoms with Crippen LogP contribution in [-0.2, 0) is 42.8 Å². The Morgan fingerprint density at radius 3 is 2.06 bits per heavy atom. The zero-order chi connectivity index (χ0) is 44.2. The van der Waals surface area contributed by atoms with E-state index in [2.05, 4.69) is 54.0 Å². The normalized spacial score (nSPS) is 31.1. The van der Waals surface area contributed by atoms with Crippen LogP contribution in [0.3, 0.4) is 0 Å². The molecule has 4 bridgehead atoms. The van der Waals surface area contributed by atoms with Gasteiger partial charge in [-0.3, -0.25) is 19.4 Å². The van der Waals surface area contributed by atoms with Crippen LogP contribution >= 0.6 is 18.5 Å². The van der Waals surface area contributed by atoms with Crippen LogP contribution in [0.4, 0.5) is 0 Å². The second-order valence-corrected chi connectivity index (χ2v) is 19.4. The van der Waals surface area contributed by atoms with E-state index in [0.717, 1.165) is 93.6 Å². The lowest BCUT2D eigenvalue weighted by Crippen LogP contribution is -2.65. The van der Waals surface area contributed by atoms with Crippen molar-refractivity contribution in [2.45, 2.75) is 126 Å². The molecule has 0 radical (unpaired) electrons. The third-order valence-electron chi connectivity index (χ3n) is 15.9. The maximum Gasteiger partial charge on any atom is 0.328 e. The van der Waals surface area contributed by atoms with E-state index >= 15 is 0 Å². The van der Waals surface area contributed by atoms with E-state index in [4.69, 9.17) is 23.7 Å². The summed E-state index contributed by atoms with van der Waals surface area (Å²) in [5.74, 6) is 5.26. The number of esters is 1. The molecule has 0 amide bonds. The van der Waals surface area contributed by atoms with Gasteiger partial charge in [-0.2, -0.15) is 0 Å². The molecule has 4 unspecified atom stereocenters. The number of allylic oxidation sites excluding steroid dienone is 1. The third kappa shape index (κ3) is 7.13.